The zero-order valence-electron chi connectivity index (χ0n) is 11.5. The minimum absolute atomic E-state index is 0.0776. The lowest BCUT2D eigenvalue weighted by Gasteiger charge is -2.12. The normalized spacial score (nSPS) is 11.6. The first-order valence-electron chi connectivity index (χ1n) is 6.39. The number of hydrogen-bond donors (Lipinski definition) is 0. The Morgan fingerprint density at radius 3 is 2.21 bits per heavy atom. The third kappa shape index (κ3) is 3.40. The van der Waals surface area contributed by atoms with Crippen LogP contribution in [0.2, 0.25) is 0 Å². The fourth-order valence-corrected chi connectivity index (χ4v) is 2.10. The summed E-state index contributed by atoms with van der Waals surface area (Å²) in [5.41, 5.74) is 4.63. The molecule has 2 aromatic carbocycles. The summed E-state index contributed by atoms with van der Waals surface area (Å²) in [5, 5.41) is 0. The van der Waals surface area contributed by atoms with Crippen LogP contribution in [-0.4, -0.2) is 0 Å². The van der Waals surface area contributed by atoms with Gasteiger partial charge >= 0.3 is 0 Å². The molecule has 0 spiro atoms. The van der Waals surface area contributed by atoms with Crippen LogP contribution in [-0.2, 0) is 12.3 Å². The molecule has 0 heterocycles. The molecule has 0 nitrogen and oxygen atoms in total. The fourth-order valence-electron chi connectivity index (χ4n) is 2.10. The Bertz CT molecular complexity index is 580. The first-order valence-corrected chi connectivity index (χ1v) is 6.39. The molecule has 2 heteroatoms. The zero-order chi connectivity index (χ0) is 14.0. The molecular formula is C17H18F2. The van der Waals surface area contributed by atoms with Crippen molar-refractivity contribution in [2.45, 2.75) is 33.1 Å². The molecule has 0 aliphatic rings. The lowest BCUT2D eigenvalue weighted by molar-refractivity contribution is 0.0174. The molecule has 100 valence electrons. The maximum absolute atomic E-state index is 13.3. The molecule has 2 rings (SSSR count). The maximum atomic E-state index is 13.3. The van der Waals surface area contributed by atoms with E-state index in [9.17, 15) is 8.78 Å². The molecule has 0 unspecified atom stereocenters. The molecular weight excluding hydrogens is 242 g/mol. The third-order valence-corrected chi connectivity index (χ3v) is 3.41. The third-order valence-electron chi connectivity index (χ3n) is 3.41. The number of aryl methyl sites for hydroxylation is 2. The average molecular weight is 260 g/mol. The van der Waals surface area contributed by atoms with E-state index in [4.69, 9.17) is 0 Å². The summed E-state index contributed by atoms with van der Waals surface area (Å²) < 4.78 is 26.6. The van der Waals surface area contributed by atoms with Gasteiger partial charge in [-0.2, -0.15) is 0 Å². The first kappa shape index (κ1) is 13.7. The molecule has 0 amide bonds. The predicted octanol–water partition coefficient (Wildman–Crippen LogP) is 5.01. The smallest absolute Gasteiger partial charge is 0.202 e. The lowest BCUT2D eigenvalue weighted by atomic mass is 9.98. The second-order valence-corrected chi connectivity index (χ2v) is 5.18. The molecule has 0 N–H and O–H groups in total. The van der Waals surface area contributed by atoms with Crippen molar-refractivity contribution in [1.29, 1.82) is 0 Å². The van der Waals surface area contributed by atoms with E-state index in [-0.39, 0.29) is 5.56 Å². The average Bonchev–Trinajstić information content (AvgIpc) is 2.33. The highest BCUT2D eigenvalue weighted by atomic mass is 19.3. The second-order valence-electron chi connectivity index (χ2n) is 5.18. The van der Waals surface area contributed by atoms with Gasteiger partial charge in [0.25, 0.3) is 5.92 Å². The minimum atomic E-state index is -2.78. The van der Waals surface area contributed by atoms with Gasteiger partial charge in [-0.3, -0.25) is 0 Å². The van der Waals surface area contributed by atoms with E-state index in [0.717, 1.165) is 18.1 Å². The SMILES string of the molecule is Cc1ccc(Cc2cccc(C(C)(F)F)c2)cc1C. The molecule has 0 aliphatic carbocycles. The Morgan fingerprint density at radius 2 is 1.58 bits per heavy atom. The number of rotatable bonds is 3. The van der Waals surface area contributed by atoms with Gasteiger partial charge in [0.15, 0.2) is 0 Å². The number of benzene rings is 2. The van der Waals surface area contributed by atoms with E-state index in [2.05, 4.69) is 32.0 Å². The Kier molecular flexibility index (Phi) is 3.70. The van der Waals surface area contributed by atoms with Crippen molar-refractivity contribution in [2.75, 3.05) is 0 Å². The Balaban J connectivity index is 2.26. The molecule has 0 radical (unpaired) electrons. The van der Waals surface area contributed by atoms with Crippen molar-refractivity contribution < 1.29 is 8.78 Å². The Hall–Kier alpha value is -1.70. The Morgan fingerprint density at radius 1 is 0.895 bits per heavy atom. The molecule has 0 saturated heterocycles. The number of halogens is 2. The summed E-state index contributed by atoms with van der Waals surface area (Å²) in [6.07, 6.45) is 0.686. The summed E-state index contributed by atoms with van der Waals surface area (Å²) in [7, 11) is 0. The van der Waals surface area contributed by atoms with Gasteiger partial charge < -0.3 is 0 Å². The van der Waals surface area contributed by atoms with Crippen molar-refractivity contribution >= 4 is 0 Å². The summed E-state index contributed by atoms with van der Waals surface area (Å²) in [4.78, 5) is 0. The summed E-state index contributed by atoms with van der Waals surface area (Å²) >= 11 is 0. The topological polar surface area (TPSA) is 0 Å². The highest BCUT2D eigenvalue weighted by molar-refractivity contribution is 5.35. The zero-order valence-corrected chi connectivity index (χ0v) is 11.5. The fraction of sp³-hybridized carbons (Fsp3) is 0.294. The van der Waals surface area contributed by atoms with Crippen molar-refractivity contribution in [3.63, 3.8) is 0 Å². The van der Waals surface area contributed by atoms with Gasteiger partial charge in [0.1, 0.15) is 0 Å². The predicted molar refractivity (Wildman–Crippen MR) is 74.7 cm³/mol. The minimum Gasteiger partial charge on any atom is -0.202 e. The van der Waals surface area contributed by atoms with Gasteiger partial charge in [-0.15, -0.1) is 0 Å². The molecule has 0 atom stereocenters. The van der Waals surface area contributed by atoms with Gasteiger partial charge in [0, 0.05) is 12.5 Å². The van der Waals surface area contributed by atoms with Crippen LogP contribution in [0, 0.1) is 13.8 Å². The van der Waals surface area contributed by atoms with Gasteiger partial charge in [0.05, 0.1) is 0 Å². The van der Waals surface area contributed by atoms with Crippen LogP contribution < -0.4 is 0 Å². The van der Waals surface area contributed by atoms with Crippen molar-refractivity contribution in [3.8, 4) is 0 Å². The van der Waals surface area contributed by atoms with E-state index < -0.39 is 5.92 Å². The van der Waals surface area contributed by atoms with Crippen LogP contribution in [0.3, 0.4) is 0 Å². The van der Waals surface area contributed by atoms with Crippen molar-refractivity contribution in [2.24, 2.45) is 0 Å². The number of hydrogen-bond acceptors (Lipinski definition) is 0. The highest BCUT2D eigenvalue weighted by Gasteiger charge is 2.23. The van der Waals surface area contributed by atoms with E-state index in [1.807, 2.05) is 6.07 Å². The lowest BCUT2D eigenvalue weighted by Crippen LogP contribution is -2.07. The van der Waals surface area contributed by atoms with Gasteiger partial charge in [-0.1, -0.05) is 36.4 Å². The molecule has 0 bridgehead atoms. The van der Waals surface area contributed by atoms with Gasteiger partial charge in [-0.25, -0.2) is 8.78 Å². The van der Waals surface area contributed by atoms with Gasteiger partial charge in [-0.05, 0) is 48.6 Å². The van der Waals surface area contributed by atoms with Gasteiger partial charge in [0.2, 0.25) is 0 Å². The van der Waals surface area contributed by atoms with Crippen LogP contribution >= 0.6 is 0 Å². The molecule has 0 aliphatic heterocycles. The molecule has 2 aromatic rings. The van der Waals surface area contributed by atoms with E-state index in [1.54, 1.807) is 12.1 Å². The van der Waals surface area contributed by atoms with Crippen LogP contribution in [0.5, 0.6) is 0 Å². The van der Waals surface area contributed by atoms with Crippen LogP contribution in [0.4, 0.5) is 8.78 Å². The monoisotopic (exact) mass is 260 g/mol. The second kappa shape index (κ2) is 5.12. The summed E-state index contributed by atoms with van der Waals surface area (Å²) in [6.45, 7) is 5.06. The van der Waals surface area contributed by atoms with Crippen molar-refractivity contribution in [3.05, 3.63) is 70.3 Å². The molecule has 0 saturated carbocycles. The number of alkyl halides is 2. The van der Waals surface area contributed by atoms with Crippen LogP contribution in [0.1, 0.15) is 34.7 Å². The standard InChI is InChI=1S/C17H18F2/c1-12-7-8-15(9-13(12)2)10-14-5-4-6-16(11-14)17(3,18)19/h4-9,11H,10H2,1-3H3. The van der Waals surface area contributed by atoms with E-state index in [1.165, 1.54) is 17.2 Å². The molecule has 0 aromatic heterocycles. The maximum Gasteiger partial charge on any atom is 0.270 e. The highest BCUT2D eigenvalue weighted by Crippen LogP contribution is 2.28. The van der Waals surface area contributed by atoms with E-state index in [0.29, 0.717) is 6.42 Å². The Labute approximate surface area is 113 Å². The van der Waals surface area contributed by atoms with E-state index >= 15 is 0 Å². The summed E-state index contributed by atoms with van der Waals surface area (Å²) in [6, 6.07) is 12.9. The van der Waals surface area contributed by atoms with Crippen LogP contribution in [0.15, 0.2) is 42.5 Å². The molecule has 0 fully saturated rings. The van der Waals surface area contributed by atoms with Crippen LogP contribution in [0.25, 0.3) is 0 Å². The first-order chi connectivity index (χ1) is 8.86. The summed E-state index contributed by atoms with van der Waals surface area (Å²) in [5.74, 6) is -2.78. The quantitative estimate of drug-likeness (QED) is 0.728. The molecule has 19 heavy (non-hydrogen) atoms. The van der Waals surface area contributed by atoms with Crippen molar-refractivity contribution in [1.82, 2.24) is 0 Å². The largest absolute Gasteiger partial charge is 0.270 e.